The zero-order chi connectivity index (χ0) is 30.1. The number of halogens is 1. The number of nitrogens with one attached hydrogen (secondary N) is 1. The number of benzene rings is 2. The van der Waals surface area contributed by atoms with E-state index in [9.17, 15) is 13.2 Å². The highest BCUT2D eigenvalue weighted by molar-refractivity contribution is 7.90. The summed E-state index contributed by atoms with van der Waals surface area (Å²) in [5.41, 5.74) is 3.16. The van der Waals surface area contributed by atoms with Crippen molar-refractivity contribution in [2.24, 2.45) is 17.8 Å². The van der Waals surface area contributed by atoms with E-state index in [0.29, 0.717) is 29.8 Å². The number of aryl methyl sites for hydroxylation is 1. The fourth-order valence-electron chi connectivity index (χ4n) is 6.99. The minimum atomic E-state index is -3.87. The molecule has 0 saturated heterocycles. The highest BCUT2D eigenvalue weighted by Crippen LogP contribution is 2.47. The third-order valence-electron chi connectivity index (χ3n) is 10.2. The number of ether oxygens (including phenoxy) is 2. The molecule has 230 valence electrons. The molecule has 2 aliphatic heterocycles. The molecule has 1 fully saturated rings. The van der Waals surface area contributed by atoms with E-state index in [1.54, 1.807) is 13.0 Å². The van der Waals surface area contributed by atoms with Crippen LogP contribution in [0.25, 0.3) is 0 Å². The highest BCUT2D eigenvalue weighted by atomic mass is 35.5. The van der Waals surface area contributed by atoms with Crippen LogP contribution in [0.2, 0.25) is 5.02 Å². The van der Waals surface area contributed by atoms with Crippen molar-refractivity contribution in [3.8, 4) is 5.75 Å². The molecule has 9 heteroatoms. The number of hydrogen-bond donors (Lipinski definition) is 1. The Morgan fingerprint density at radius 3 is 2.60 bits per heavy atom. The Labute approximate surface area is 256 Å². The molecule has 0 unspecified atom stereocenters. The molecule has 3 aliphatic rings. The smallest absolute Gasteiger partial charge is 0.264 e. The molecule has 2 aromatic carbocycles. The van der Waals surface area contributed by atoms with Crippen molar-refractivity contribution in [1.82, 2.24) is 4.72 Å². The standard InChI is InChI=1S/C33H45ClN2O5S/c1-22-8-7-16-33(3,40-4)29-14-11-26(29)20-36-17-6-5-9-24-18-28(34)13-10-27(24)21-41-31-15-12-25(19-30(31)36)32(37)35-42(38,39)23(22)2/h10,12-13,15,18-19,22-23,26,29H,5-9,11,14,16-17,20-21H2,1-4H3,(H,35,37)/t22-,23+,26-,29+,33-/m0/s1. The van der Waals surface area contributed by atoms with E-state index in [1.165, 1.54) is 5.56 Å². The summed E-state index contributed by atoms with van der Waals surface area (Å²) >= 11 is 6.33. The Hall–Kier alpha value is -2.29. The van der Waals surface area contributed by atoms with E-state index in [-0.39, 0.29) is 11.5 Å². The summed E-state index contributed by atoms with van der Waals surface area (Å²) in [6.07, 6.45) is 7.62. The highest BCUT2D eigenvalue weighted by Gasteiger charge is 2.45. The predicted molar refractivity (Wildman–Crippen MR) is 168 cm³/mol. The van der Waals surface area contributed by atoms with Gasteiger partial charge in [0.25, 0.3) is 5.91 Å². The van der Waals surface area contributed by atoms with Crippen LogP contribution in [-0.2, 0) is 27.8 Å². The fraction of sp³-hybridized carbons (Fsp3) is 0.606. The summed E-state index contributed by atoms with van der Waals surface area (Å²) in [6.45, 7) is 7.89. The van der Waals surface area contributed by atoms with Crippen LogP contribution in [0.15, 0.2) is 36.4 Å². The molecule has 2 bridgehead atoms. The molecule has 2 heterocycles. The molecule has 0 aromatic heterocycles. The second-order valence-electron chi connectivity index (χ2n) is 12.8. The number of methoxy groups -OCH3 is 1. The Balaban J connectivity index is 1.55. The minimum absolute atomic E-state index is 0.101. The third-order valence-corrected chi connectivity index (χ3v) is 12.4. The van der Waals surface area contributed by atoms with Gasteiger partial charge in [-0.2, -0.15) is 0 Å². The lowest BCUT2D eigenvalue weighted by molar-refractivity contribution is -0.103. The van der Waals surface area contributed by atoms with Gasteiger partial charge in [-0.25, -0.2) is 13.1 Å². The van der Waals surface area contributed by atoms with Gasteiger partial charge >= 0.3 is 0 Å². The van der Waals surface area contributed by atoms with Gasteiger partial charge in [0, 0.05) is 30.8 Å². The predicted octanol–water partition coefficient (Wildman–Crippen LogP) is 6.76. The van der Waals surface area contributed by atoms with Gasteiger partial charge < -0.3 is 14.4 Å². The van der Waals surface area contributed by atoms with Crippen molar-refractivity contribution in [3.05, 3.63) is 58.1 Å². The van der Waals surface area contributed by atoms with Gasteiger partial charge in [0.15, 0.2) is 0 Å². The molecule has 5 rings (SSSR count). The molecule has 1 amide bonds. The first-order valence-electron chi connectivity index (χ1n) is 15.4. The molecule has 7 nitrogen and oxygen atoms in total. The normalized spacial score (nSPS) is 30.4. The minimum Gasteiger partial charge on any atom is -0.487 e. The van der Waals surface area contributed by atoms with Crippen LogP contribution in [0.1, 0.15) is 87.2 Å². The number of sulfonamides is 1. The van der Waals surface area contributed by atoms with Crippen LogP contribution in [0, 0.1) is 17.8 Å². The summed E-state index contributed by atoms with van der Waals surface area (Å²) in [4.78, 5) is 15.7. The number of anilines is 1. The van der Waals surface area contributed by atoms with Crippen molar-refractivity contribution in [3.63, 3.8) is 0 Å². The average Bonchev–Trinajstić information content (AvgIpc) is 2.97. The fourth-order valence-corrected chi connectivity index (χ4v) is 8.49. The third kappa shape index (κ3) is 6.61. The average molecular weight is 617 g/mol. The van der Waals surface area contributed by atoms with Crippen molar-refractivity contribution in [2.45, 2.75) is 89.6 Å². The van der Waals surface area contributed by atoms with Crippen molar-refractivity contribution in [1.29, 1.82) is 0 Å². The van der Waals surface area contributed by atoms with Crippen molar-refractivity contribution < 1.29 is 22.7 Å². The maximum Gasteiger partial charge on any atom is 0.264 e. The quantitative estimate of drug-likeness (QED) is 0.381. The van der Waals surface area contributed by atoms with Crippen molar-refractivity contribution >= 4 is 33.2 Å². The number of hydrogen-bond acceptors (Lipinski definition) is 6. The summed E-state index contributed by atoms with van der Waals surface area (Å²) in [5.74, 6) is 0.839. The lowest BCUT2D eigenvalue weighted by Gasteiger charge is -2.50. The van der Waals surface area contributed by atoms with Crippen LogP contribution < -0.4 is 14.4 Å². The topological polar surface area (TPSA) is 84.9 Å². The molecule has 5 atom stereocenters. The van der Waals surface area contributed by atoms with Gasteiger partial charge in [-0.05, 0) is 118 Å². The summed E-state index contributed by atoms with van der Waals surface area (Å²) < 4.78 is 41.5. The van der Waals surface area contributed by atoms with Crippen LogP contribution in [0.5, 0.6) is 5.75 Å². The number of rotatable bonds is 1. The van der Waals surface area contributed by atoms with Gasteiger partial charge in [-0.1, -0.05) is 31.0 Å². The zero-order valence-electron chi connectivity index (χ0n) is 25.3. The first-order valence-corrected chi connectivity index (χ1v) is 17.3. The Morgan fingerprint density at radius 1 is 1.05 bits per heavy atom. The van der Waals surface area contributed by atoms with Gasteiger partial charge in [0.05, 0.1) is 16.5 Å². The number of carbonyl (C=O) groups excluding carboxylic acids is 1. The van der Waals surface area contributed by atoms with Crippen LogP contribution in [0.3, 0.4) is 0 Å². The maximum absolute atomic E-state index is 13.4. The van der Waals surface area contributed by atoms with E-state index < -0.39 is 21.2 Å². The van der Waals surface area contributed by atoms with Gasteiger partial charge in [0.2, 0.25) is 10.0 Å². The SMILES string of the molecule is CO[C@@]1(C)CCC[C@H](C)[C@@H](C)S(=O)(=O)NC(=O)c2ccc3c(c2)N(CCCCc2cc(Cl)ccc2CO3)C[C@@H]2CC[C@H]21. The van der Waals surface area contributed by atoms with E-state index in [1.807, 2.05) is 44.4 Å². The van der Waals surface area contributed by atoms with Gasteiger partial charge in [-0.15, -0.1) is 0 Å². The Morgan fingerprint density at radius 2 is 1.86 bits per heavy atom. The molecule has 42 heavy (non-hydrogen) atoms. The lowest BCUT2D eigenvalue weighted by atomic mass is 9.63. The van der Waals surface area contributed by atoms with E-state index in [0.717, 1.165) is 80.7 Å². The summed E-state index contributed by atoms with van der Waals surface area (Å²) in [7, 11) is -2.05. The van der Waals surface area contributed by atoms with Gasteiger partial charge in [0.1, 0.15) is 12.4 Å². The van der Waals surface area contributed by atoms with Crippen LogP contribution >= 0.6 is 11.6 Å². The molecule has 2 aromatic rings. The van der Waals surface area contributed by atoms with E-state index >= 15 is 0 Å². The second-order valence-corrected chi connectivity index (χ2v) is 15.3. The number of amides is 1. The largest absolute Gasteiger partial charge is 0.487 e. The Bertz CT molecular complexity index is 1400. The second kappa shape index (κ2) is 12.7. The van der Waals surface area contributed by atoms with Crippen LogP contribution in [0.4, 0.5) is 5.69 Å². The molecule has 0 spiro atoms. The molecular formula is C33H45ClN2O5S. The number of carbonyl (C=O) groups is 1. The molecular weight excluding hydrogens is 572 g/mol. The molecule has 1 aliphatic carbocycles. The number of fused-ring (bicyclic) bond motifs is 3. The summed E-state index contributed by atoms with van der Waals surface area (Å²) in [5, 5.41) is 0.0227. The Kier molecular flexibility index (Phi) is 9.45. The zero-order valence-corrected chi connectivity index (χ0v) is 26.9. The first kappa shape index (κ1) is 31.1. The van der Waals surface area contributed by atoms with E-state index in [2.05, 4.69) is 16.5 Å². The molecule has 1 N–H and O–H groups in total. The summed E-state index contributed by atoms with van der Waals surface area (Å²) in [6, 6.07) is 11.2. The van der Waals surface area contributed by atoms with Crippen molar-refractivity contribution in [2.75, 3.05) is 25.1 Å². The molecule has 0 radical (unpaired) electrons. The van der Waals surface area contributed by atoms with Crippen LogP contribution in [-0.4, -0.2) is 45.4 Å². The van der Waals surface area contributed by atoms with E-state index in [4.69, 9.17) is 21.1 Å². The first-order chi connectivity index (χ1) is 20.0. The maximum atomic E-state index is 13.4. The molecule has 1 saturated carbocycles. The monoisotopic (exact) mass is 616 g/mol. The van der Waals surface area contributed by atoms with Gasteiger partial charge in [-0.3, -0.25) is 4.79 Å². The lowest BCUT2D eigenvalue weighted by Crippen LogP contribution is -2.50. The number of nitrogens with zero attached hydrogens (tertiary/aromatic N) is 1.